The van der Waals surface area contributed by atoms with Gasteiger partial charge in [-0.25, -0.2) is 4.98 Å². The van der Waals surface area contributed by atoms with Crippen molar-refractivity contribution in [3.63, 3.8) is 0 Å². The molecule has 1 N–H and O–H groups in total. The van der Waals surface area contributed by atoms with E-state index in [-0.39, 0.29) is 16.6 Å². The summed E-state index contributed by atoms with van der Waals surface area (Å²) in [6.07, 6.45) is 1.30. The van der Waals surface area contributed by atoms with Gasteiger partial charge in [-0.2, -0.15) is 0 Å². The van der Waals surface area contributed by atoms with Gasteiger partial charge < -0.3 is 5.32 Å². The van der Waals surface area contributed by atoms with Crippen LogP contribution in [0.1, 0.15) is 26.8 Å². The van der Waals surface area contributed by atoms with Gasteiger partial charge >= 0.3 is 0 Å². The van der Waals surface area contributed by atoms with Crippen LogP contribution in [-0.4, -0.2) is 22.0 Å². The third-order valence-corrected chi connectivity index (χ3v) is 3.96. The molecule has 100 valence electrons. The molecular weight excluding hydrogens is 368 g/mol. The molecule has 1 aromatic heterocycles. The highest BCUT2D eigenvalue weighted by atomic mass is 127. The Labute approximate surface area is 124 Å². The van der Waals surface area contributed by atoms with Crippen LogP contribution < -0.4 is 10.9 Å². The van der Waals surface area contributed by atoms with Crippen LogP contribution >= 0.6 is 34.2 Å². The lowest BCUT2D eigenvalue weighted by atomic mass is 10.2. The first-order valence-corrected chi connectivity index (χ1v) is 7.00. The molecule has 0 radical (unpaired) electrons. The van der Waals surface area contributed by atoms with Crippen LogP contribution in [0, 0.1) is 9.49 Å². The van der Waals surface area contributed by atoms with Gasteiger partial charge in [-0.15, -0.1) is 0 Å². The predicted molar refractivity (Wildman–Crippen MR) is 78.8 cm³/mol. The van der Waals surface area contributed by atoms with Crippen LogP contribution in [-0.2, 0) is 4.79 Å². The number of hydrogen-bond acceptors (Lipinski definition) is 3. The number of carbonyl (C=O) groups excluding carboxylic acids is 1. The second-order valence-corrected chi connectivity index (χ2v) is 5.81. The minimum Gasteiger partial charge on any atom is -0.354 e. The molecule has 18 heavy (non-hydrogen) atoms. The third kappa shape index (κ3) is 3.68. The molecule has 0 aromatic carbocycles. The Hall–Kier alpha value is -0.630. The smallest absolute Gasteiger partial charge is 0.269 e. The largest absolute Gasteiger partial charge is 0.354 e. The summed E-state index contributed by atoms with van der Waals surface area (Å²) in [5, 5.41) is 2.94. The normalized spacial score (nSPS) is 12.6. The number of rotatable bonds is 4. The lowest BCUT2D eigenvalue weighted by Crippen LogP contribution is -2.38. The molecule has 0 aliphatic rings. The number of nitrogens with zero attached hydrogens (tertiary/aromatic N) is 2. The van der Waals surface area contributed by atoms with E-state index in [2.05, 4.69) is 10.3 Å². The van der Waals surface area contributed by atoms with E-state index in [4.69, 9.17) is 11.6 Å². The maximum atomic E-state index is 11.9. The molecule has 1 unspecified atom stereocenters. The molecular formula is C11H15ClIN3O2. The number of nitrogens with one attached hydrogen (secondary N) is 1. The van der Waals surface area contributed by atoms with E-state index in [1.54, 1.807) is 6.92 Å². The Morgan fingerprint density at radius 3 is 2.72 bits per heavy atom. The molecule has 0 aliphatic carbocycles. The van der Waals surface area contributed by atoms with Crippen molar-refractivity contribution in [3.8, 4) is 0 Å². The van der Waals surface area contributed by atoms with E-state index >= 15 is 0 Å². The van der Waals surface area contributed by atoms with Gasteiger partial charge in [0.2, 0.25) is 5.91 Å². The fraction of sp³-hybridized carbons (Fsp3) is 0.545. The molecule has 1 atom stereocenters. The molecule has 0 saturated carbocycles. The van der Waals surface area contributed by atoms with Crippen LogP contribution in [0.25, 0.3) is 0 Å². The summed E-state index contributed by atoms with van der Waals surface area (Å²) in [7, 11) is 0. The zero-order valence-electron chi connectivity index (χ0n) is 10.4. The summed E-state index contributed by atoms with van der Waals surface area (Å²) >= 11 is 7.56. The number of amides is 1. The monoisotopic (exact) mass is 383 g/mol. The van der Waals surface area contributed by atoms with Crippen molar-refractivity contribution in [3.05, 3.63) is 25.4 Å². The zero-order chi connectivity index (χ0) is 13.9. The number of halogens is 2. The minimum atomic E-state index is -0.602. The van der Waals surface area contributed by atoms with E-state index in [0.29, 0.717) is 16.0 Å². The Morgan fingerprint density at radius 2 is 2.17 bits per heavy atom. The highest BCUT2D eigenvalue weighted by Gasteiger charge is 2.18. The van der Waals surface area contributed by atoms with Crippen molar-refractivity contribution in [2.24, 2.45) is 5.92 Å². The second-order valence-electron chi connectivity index (χ2n) is 4.38. The molecule has 0 aliphatic heterocycles. The van der Waals surface area contributed by atoms with Crippen molar-refractivity contribution in [1.82, 2.24) is 14.9 Å². The lowest BCUT2D eigenvalue weighted by Gasteiger charge is -2.16. The molecule has 1 amide bonds. The van der Waals surface area contributed by atoms with Gasteiger partial charge in [0.25, 0.3) is 5.56 Å². The summed E-state index contributed by atoms with van der Waals surface area (Å²) in [6.45, 7) is 6.24. The SMILES string of the molecule is CC(C)CNC(=O)C(C)n1cnc(Cl)c(I)c1=O. The zero-order valence-corrected chi connectivity index (χ0v) is 13.3. The van der Waals surface area contributed by atoms with Gasteiger partial charge in [0.15, 0.2) is 0 Å². The van der Waals surface area contributed by atoms with Gasteiger partial charge in [-0.1, -0.05) is 25.4 Å². The Morgan fingerprint density at radius 1 is 1.56 bits per heavy atom. The standard InChI is InChI=1S/C11H15ClIN3O2/c1-6(2)4-14-10(17)7(3)16-5-15-9(12)8(13)11(16)18/h5-7H,4H2,1-3H3,(H,14,17). The molecule has 1 rings (SSSR count). The van der Waals surface area contributed by atoms with Crippen molar-refractivity contribution in [1.29, 1.82) is 0 Å². The van der Waals surface area contributed by atoms with Gasteiger partial charge in [0, 0.05) is 6.54 Å². The van der Waals surface area contributed by atoms with E-state index in [1.807, 2.05) is 36.4 Å². The van der Waals surface area contributed by atoms with Gasteiger partial charge in [0.05, 0.1) is 6.33 Å². The summed E-state index contributed by atoms with van der Waals surface area (Å²) in [6, 6.07) is -0.602. The van der Waals surface area contributed by atoms with Crippen LogP contribution in [0.4, 0.5) is 0 Å². The summed E-state index contributed by atoms with van der Waals surface area (Å²) in [5.74, 6) is 0.159. The van der Waals surface area contributed by atoms with Crippen LogP contribution in [0.5, 0.6) is 0 Å². The average Bonchev–Trinajstić information content (AvgIpc) is 2.32. The van der Waals surface area contributed by atoms with Crippen LogP contribution in [0.15, 0.2) is 11.1 Å². The minimum absolute atomic E-state index is 0.159. The first-order chi connectivity index (χ1) is 8.34. The number of carbonyl (C=O) groups is 1. The van der Waals surface area contributed by atoms with Crippen LogP contribution in [0.2, 0.25) is 5.15 Å². The summed E-state index contributed by atoms with van der Waals surface area (Å²) in [5.41, 5.74) is -0.303. The van der Waals surface area contributed by atoms with Crippen molar-refractivity contribution in [2.75, 3.05) is 6.54 Å². The van der Waals surface area contributed by atoms with Crippen LogP contribution in [0.3, 0.4) is 0 Å². The topological polar surface area (TPSA) is 64.0 Å². The first kappa shape index (κ1) is 15.4. The average molecular weight is 384 g/mol. The molecule has 1 aromatic rings. The van der Waals surface area contributed by atoms with Crippen molar-refractivity contribution < 1.29 is 4.79 Å². The van der Waals surface area contributed by atoms with E-state index in [1.165, 1.54) is 10.9 Å². The maximum Gasteiger partial charge on any atom is 0.269 e. The Balaban J connectivity index is 2.91. The molecule has 1 heterocycles. The highest BCUT2D eigenvalue weighted by molar-refractivity contribution is 14.1. The predicted octanol–water partition coefficient (Wildman–Crippen LogP) is 1.83. The van der Waals surface area contributed by atoms with Gasteiger partial charge in [0.1, 0.15) is 14.8 Å². The highest BCUT2D eigenvalue weighted by Crippen LogP contribution is 2.11. The Kier molecular flexibility index (Phi) is 5.58. The van der Waals surface area contributed by atoms with Gasteiger partial charge in [-0.3, -0.25) is 14.2 Å². The first-order valence-electron chi connectivity index (χ1n) is 5.54. The molecule has 0 fully saturated rings. The maximum absolute atomic E-state index is 11.9. The second kappa shape index (κ2) is 6.51. The number of aromatic nitrogens is 2. The molecule has 7 heteroatoms. The molecule has 0 saturated heterocycles. The molecule has 5 nitrogen and oxygen atoms in total. The fourth-order valence-corrected chi connectivity index (χ4v) is 1.82. The van der Waals surface area contributed by atoms with E-state index in [0.717, 1.165) is 0 Å². The third-order valence-electron chi connectivity index (χ3n) is 2.38. The summed E-state index contributed by atoms with van der Waals surface area (Å²) in [4.78, 5) is 27.7. The van der Waals surface area contributed by atoms with Gasteiger partial charge in [-0.05, 0) is 35.4 Å². The lowest BCUT2D eigenvalue weighted by molar-refractivity contribution is -0.124. The van der Waals surface area contributed by atoms with E-state index in [9.17, 15) is 9.59 Å². The number of hydrogen-bond donors (Lipinski definition) is 1. The summed E-state index contributed by atoms with van der Waals surface area (Å²) < 4.78 is 1.60. The molecule has 0 bridgehead atoms. The molecule has 0 spiro atoms. The van der Waals surface area contributed by atoms with E-state index < -0.39 is 6.04 Å². The van der Waals surface area contributed by atoms with Crippen molar-refractivity contribution >= 4 is 40.1 Å². The quantitative estimate of drug-likeness (QED) is 0.637. The fourth-order valence-electron chi connectivity index (χ4n) is 1.28. The Bertz CT molecular complexity index is 502. The van der Waals surface area contributed by atoms with Crippen molar-refractivity contribution in [2.45, 2.75) is 26.8 Å².